The van der Waals surface area contributed by atoms with E-state index in [4.69, 9.17) is 0 Å². The van der Waals surface area contributed by atoms with Crippen LogP contribution < -0.4 is 5.32 Å². The third-order valence-electron chi connectivity index (χ3n) is 1.54. The van der Waals surface area contributed by atoms with E-state index in [1.165, 1.54) is 0 Å². The molecular weight excluding hydrogens is 220 g/mol. The van der Waals surface area contributed by atoms with Crippen LogP contribution in [0.25, 0.3) is 0 Å². The molecule has 1 N–H and O–H groups in total. The van der Waals surface area contributed by atoms with Crippen LogP contribution in [0.5, 0.6) is 0 Å². The fourth-order valence-corrected chi connectivity index (χ4v) is 1.53. The Morgan fingerprint density at radius 3 is 2.83 bits per heavy atom. The molecule has 0 spiro atoms. The first-order valence-electron chi connectivity index (χ1n) is 3.75. The number of carbonyl (C=O) groups is 1. The minimum absolute atomic E-state index is 0.0364. The van der Waals surface area contributed by atoms with Gasteiger partial charge >= 0.3 is 0 Å². The van der Waals surface area contributed by atoms with Crippen LogP contribution >= 0.6 is 15.9 Å². The number of aryl methyl sites for hydroxylation is 1. The van der Waals surface area contributed by atoms with E-state index in [9.17, 15) is 4.79 Å². The third kappa shape index (κ3) is 1.88. The molecule has 1 rings (SSSR count). The van der Waals surface area contributed by atoms with Crippen molar-refractivity contribution in [2.24, 2.45) is 7.05 Å². The van der Waals surface area contributed by atoms with E-state index in [0.717, 1.165) is 4.47 Å². The number of halogens is 1. The predicted molar refractivity (Wildman–Crippen MR) is 51.1 cm³/mol. The van der Waals surface area contributed by atoms with Crippen molar-refractivity contribution in [1.82, 2.24) is 9.88 Å². The van der Waals surface area contributed by atoms with E-state index in [1.54, 1.807) is 10.6 Å². The Balaban J connectivity index is 2.87. The number of nitrogens with zero attached hydrogens (tertiary/aromatic N) is 1. The maximum absolute atomic E-state index is 11.3. The molecule has 0 aliphatic heterocycles. The molecule has 1 aromatic heterocycles. The number of nitrogens with one attached hydrogen (secondary N) is 1. The summed E-state index contributed by atoms with van der Waals surface area (Å²) in [4.78, 5) is 11.3. The molecule has 1 amide bonds. The number of hydrogen-bond acceptors (Lipinski definition) is 1. The Morgan fingerprint density at radius 2 is 2.42 bits per heavy atom. The summed E-state index contributed by atoms with van der Waals surface area (Å²) in [6.07, 6.45) is 1.85. The molecule has 1 aromatic rings. The molecule has 66 valence electrons. The molecule has 4 heteroatoms. The molecular formula is C8H11BrN2O. The van der Waals surface area contributed by atoms with Crippen LogP contribution in [0.2, 0.25) is 0 Å². The zero-order chi connectivity index (χ0) is 9.14. The maximum Gasteiger partial charge on any atom is 0.267 e. The Hall–Kier alpha value is -0.770. The number of aromatic nitrogens is 1. The Kier molecular flexibility index (Phi) is 2.92. The minimum Gasteiger partial charge on any atom is -0.351 e. The van der Waals surface area contributed by atoms with E-state index in [1.807, 2.05) is 20.2 Å². The molecule has 0 saturated heterocycles. The van der Waals surface area contributed by atoms with E-state index in [-0.39, 0.29) is 5.91 Å². The van der Waals surface area contributed by atoms with Gasteiger partial charge in [0.25, 0.3) is 5.91 Å². The first kappa shape index (κ1) is 9.32. The fraction of sp³-hybridized carbons (Fsp3) is 0.375. The van der Waals surface area contributed by atoms with Gasteiger partial charge in [0.1, 0.15) is 5.69 Å². The third-order valence-corrected chi connectivity index (χ3v) is 1.98. The molecule has 0 aliphatic carbocycles. The topological polar surface area (TPSA) is 34.0 Å². The lowest BCUT2D eigenvalue weighted by Gasteiger charge is -2.01. The Morgan fingerprint density at radius 1 is 1.75 bits per heavy atom. The molecule has 3 nitrogen and oxygen atoms in total. The first-order valence-corrected chi connectivity index (χ1v) is 4.54. The van der Waals surface area contributed by atoms with Crippen molar-refractivity contribution >= 4 is 21.8 Å². The number of hydrogen-bond donors (Lipinski definition) is 1. The van der Waals surface area contributed by atoms with E-state index in [0.29, 0.717) is 12.2 Å². The van der Waals surface area contributed by atoms with Crippen LogP contribution in [0.1, 0.15) is 17.4 Å². The van der Waals surface area contributed by atoms with Crippen LogP contribution in [-0.4, -0.2) is 17.0 Å². The normalized spacial score (nSPS) is 9.92. The zero-order valence-corrected chi connectivity index (χ0v) is 8.68. The Bertz CT molecular complexity index is 293. The highest BCUT2D eigenvalue weighted by molar-refractivity contribution is 9.10. The van der Waals surface area contributed by atoms with Gasteiger partial charge in [-0.25, -0.2) is 0 Å². The quantitative estimate of drug-likeness (QED) is 0.822. The second kappa shape index (κ2) is 3.76. The summed E-state index contributed by atoms with van der Waals surface area (Å²) in [6.45, 7) is 2.55. The monoisotopic (exact) mass is 230 g/mol. The Labute approximate surface area is 79.9 Å². The molecule has 0 radical (unpaired) electrons. The van der Waals surface area contributed by atoms with Gasteiger partial charge in [-0.3, -0.25) is 4.79 Å². The van der Waals surface area contributed by atoms with Gasteiger partial charge in [-0.05, 0) is 28.9 Å². The maximum atomic E-state index is 11.3. The van der Waals surface area contributed by atoms with Crippen LogP contribution in [0.3, 0.4) is 0 Å². The van der Waals surface area contributed by atoms with Crippen molar-refractivity contribution in [3.63, 3.8) is 0 Å². The second-order valence-corrected chi connectivity index (χ2v) is 3.43. The van der Waals surface area contributed by atoms with Gasteiger partial charge in [-0.2, -0.15) is 0 Å². The molecule has 0 atom stereocenters. The lowest BCUT2D eigenvalue weighted by molar-refractivity contribution is 0.0948. The molecule has 1 heterocycles. The standard InChI is InChI=1S/C8H11BrN2O/c1-3-10-8(12)7-4-6(9)5-11(7)2/h4-5H,3H2,1-2H3,(H,10,12). The first-order chi connectivity index (χ1) is 5.65. The van der Waals surface area contributed by atoms with Crippen LogP contribution in [0.15, 0.2) is 16.7 Å². The van der Waals surface area contributed by atoms with Gasteiger partial charge in [-0.15, -0.1) is 0 Å². The van der Waals surface area contributed by atoms with E-state index in [2.05, 4.69) is 21.2 Å². The van der Waals surface area contributed by atoms with Gasteiger partial charge in [-0.1, -0.05) is 0 Å². The minimum atomic E-state index is -0.0364. The number of rotatable bonds is 2. The molecule has 0 fully saturated rings. The van der Waals surface area contributed by atoms with E-state index < -0.39 is 0 Å². The van der Waals surface area contributed by atoms with Gasteiger partial charge < -0.3 is 9.88 Å². The summed E-state index contributed by atoms with van der Waals surface area (Å²) in [5, 5.41) is 2.74. The lowest BCUT2D eigenvalue weighted by atomic mass is 10.4. The van der Waals surface area contributed by atoms with Crippen molar-refractivity contribution in [2.45, 2.75) is 6.92 Å². The molecule has 0 unspecified atom stereocenters. The van der Waals surface area contributed by atoms with Crippen molar-refractivity contribution in [3.05, 3.63) is 22.4 Å². The van der Waals surface area contributed by atoms with Crippen LogP contribution in [-0.2, 0) is 7.05 Å². The average Bonchev–Trinajstić information content (AvgIpc) is 2.30. The van der Waals surface area contributed by atoms with Gasteiger partial charge in [0.05, 0.1) is 0 Å². The van der Waals surface area contributed by atoms with Crippen molar-refractivity contribution < 1.29 is 4.79 Å². The van der Waals surface area contributed by atoms with Gasteiger partial charge in [0.15, 0.2) is 0 Å². The van der Waals surface area contributed by atoms with Gasteiger partial charge in [0, 0.05) is 24.3 Å². The molecule has 12 heavy (non-hydrogen) atoms. The highest BCUT2D eigenvalue weighted by Crippen LogP contribution is 2.13. The summed E-state index contributed by atoms with van der Waals surface area (Å²) < 4.78 is 2.71. The summed E-state index contributed by atoms with van der Waals surface area (Å²) in [5.41, 5.74) is 0.670. The zero-order valence-electron chi connectivity index (χ0n) is 7.10. The molecule has 0 saturated carbocycles. The van der Waals surface area contributed by atoms with Crippen molar-refractivity contribution in [1.29, 1.82) is 0 Å². The van der Waals surface area contributed by atoms with Crippen molar-refractivity contribution in [3.8, 4) is 0 Å². The SMILES string of the molecule is CCNC(=O)c1cc(Br)cn1C. The van der Waals surface area contributed by atoms with Crippen molar-refractivity contribution in [2.75, 3.05) is 6.54 Å². The summed E-state index contributed by atoms with van der Waals surface area (Å²) >= 11 is 3.30. The van der Waals surface area contributed by atoms with Crippen LogP contribution in [0.4, 0.5) is 0 Å². The number of amides is 1. The smallest absolute Gasteiger partial charge is 0.267 e. The van der Waals surface area contributed by atoms with E-state index >= 15 is 0 Å². The average molecular weight is 231 g/mol. The second-order valence-electron chi connectivity index (χ2n) is 2.51. The van der Waals surface area contributed by atoms with Crippen LogP contribution in [0, 0.1) is 0 Å². The number of carbonyl (C=O) groups excluding carboxylic acids is 1. The molecule has 0 aliphatic rings. The van der Waals surface area contributed by atoms with Gasteiger partial charge in [0.2, 0.25) is 0 Å². The summed E-state index contributed by atoms with van der Waals surface area (Å²) in [5.74, 6) is -0.0364. The highest BCUT2D eigenvalue weighted by Gasteiger charge is 2.08. The molecule has 0 aromatic carbocycles. The lowest BCUT2D eigenvalue weighted by Crippen LogP contribution is -2.24. The summed E-state index contributed by atoms with van der Waals surface area (Å²) in [7, 11) is 1.84. The predicted octanol–water partition coefficient (Wildman–Crippen LogP) is 1.54. The summed E-state index contributed by atoms with van der Waals surface area (Å²) in [6, 6.07) is 1.80. The highest BCUT2D eigenvalue weighted by atomic mass is 79.9. The largest absolute Gasteiger partial charge is 0.351 e. The molecule has 0 bridgehead atoms. The fourth-order valence-electron chi connectivity index (χ4n) is 1.00.